The summed E-state index contributed by atoms with van der Waals surface area (Å²) < 4.78 is 27.6. The van der Waals surface area contributed by atoms with E-state index in [1.54, 1.807) is 6.07 Å². The monoisotopic (exact) mass is 438 g/mol. The van der Waals surface area contributed by atoms with E-state index in [-0.39, 0.29) is 27.8 Å². The van der Waals surface area contributed by atoms with Crippen molar-refractivity contribution in [2.45, 2.75) is 17.9 Å². The van der Waals surface area contributed by atoms with E-state index in [9.17, 15) is 28.1 Å². The smallest absolute Gasteiger partial charge is 0.314 e. The van der Waals surface area contributed by atoms with E-state index in [1.807, 2.05) is 0 Å². The van der Waals surface area contributed by atoms with Crippen LogP contribution in [0.25, 0.3) is 6.08 Å². The zero-order valence-electron chi connectivity index (χ0n) is 14.8. The van der Waals surface area contributed by atoms with Crippen LogP contribution >= 0.6 is 11.6 Å². The Morgan fingerprint density at radius 3 is 2.52 bits per heavy atom. The van der Waals surface area contributed by atoms with Gasteiger partial charge >= 0.3 is 5.97 Å². The van der Waals surface area contributed by atoms with E-state index in [1.165, 1.54) is 42.5 Å². The van der Waals surface area contributed by atoms with Gasteiger partial charge in [0.2, 0.25) is 10.0 Å². The summed E-state index contributed by atoms with van der Waals surface area (Å²) in [5, 5.41) is 15.8. The Balaban J connectivity index is 1.94. The summed E-state index contributed by atoms with van der Waals surface area (Å²) >= 11 is 5.84. The summed E-state index contributed by atoms with van der Waals surface area (Å²) in [4.78, 5) is 33.7. The molecule has 0 aromatic heterocycles. The first-order valence-electron chi connectivity index (χ1n) is 7.99. The highest BCUT2D eigenvalue weighted by atomic mass is 35.5. The maximum absolute atomic E-state index is 11.9. The minimum Gasteiger partial charge on any atom is -0.460 e. The standard InChI is InChI=1S/C18H15ClN2O7S/c19-15-9-12(5-8-17(15)29(20,26)27)11-28-18(23)10-14(22)7-6-13-3-1-2-4-16(13)21(24)25/h1-9H,10-11H2,(H2,20,26,27). The van der Waals surface area contributed by atoms with Gasteiger partial charge < -0.3 is 4.74 Å². The topological polar surface area (TPSA) is 147 Å². The highest BCUT2D eigenvalue weighted by molar-refractivity contribution is 7.89. The Kier molecular flexibility index (Phi) is 7.21. The molecule has 0 spiro atoms. The van der Waals surface area contributed by atoms with Crippen molar-refractivity contribution in [2.24, 2.45) is 5.14 Å². The van der Waals surface area contributed by atoms with Gasteiger partial charge in [0, 0.05) is 6.07 Å². The van der Waals surface area contributed by atoms with Crippen LogP contribution < -0.4 is 5.14 Å². The number of nitrogens with two attached hydrogens (primary N) is 1. The highest BCUT2D eigenvalue weighted by Crippen LogP contribution is 2.22. The third kappa shape index (κ3) is 6.49. The number of hydrogen-bond donors (Lipinski definition) is 1. The van der Waals surface area contributed by atoms with Gasteiger partial charge in [-0.1, -0.05) is 29.8 Å². The first-order valence-corrected chi connectivity index (χ1v) is 9.91. The molecular weight excluding hydrogens is 424 g/mol. The van der Waals surface area contributed by atoms with Crippen LogP contribution in [0.1, 0.15) is 17.5 Å². The van der Waals surface area contributed by atoms with Crippen molar-refractivity contribution < 1.29 is 27.7 Å². The second kappa shape index (κ2) is 9.41. The van der Waals surface area contributed by atoms with E-state index in [4.69, 9.17) is 21.5 Å². The number of para-hydroxylation sites is 1. The first kappa shape index (κ1) is 22.2. The summed E-state index contributed by atoms with van der Waals surface area (Å²) in [5.41, 5.74) is 0.460. The molecule has 0 aliphatic heterocycles. The van der Waals surface area contributed by atoms with Crippen LogP contribution in [0.15, 0.2) is 53.4 Å². The average Bonchev–Trinajstić information content (AvgIpc) is 2.64. The molecule has 0 atom stereocenters. The molecule has 2 aromatic rings. The lowest BCUT2D eigenvalue weighted by atomic mass is 10.1. The van der Waals surface area contributed by atoms with Crippen molar-refractivity contribution in [3.63, 3.8) is 0 Å². The molecule has 0 aliphatic rings. The molecule has 2 N–H and O–H groups in total. The number of carbonyl (C=O) groups is 2. The Labute approximate surface area is 170 Å². The van der Waals surface area contributed by atoms with Crippen LogP contribution in [-0.2, 0) is 31.0 Å². The van der Waals surface area contributed by atoms with Crippen LogP contribution in [0, 0.1) is 10.1 Å². The number of nitro groups is 1. The number of esters is 1. The van der Waals surface area contributed by atoms with Gasteiger partial charge in [-0.2, -0.15) is 0 Å². The number of ether oxygens (including phenoxy) is 1. The van der Waals surface area contributed by atoms with E-state index in [0.717, 1.165) is 6.08 Å². The molecule has 11 heteroatoms. The number of nitrogens with zero attached hydrogens (tertiary/aromatic N) is 1. The summed E-state index contributed by atoms with van der Waals surface area (Å²) in [6.45, 7) is -0.232. The lowest BCUT2D eigenvalue weighted by Crippen LogP contribution is -2.13. The third-order valence-corrected chi connectivity index (χ3v) is 5.00. The van der Waals surface area contributed by atoms with Crippen LogP contribution in [0.5, 0.6) is 0 Å². The van der Waals surface area contributed by atoms with E-state index < -0.39 is 33.1 Å². The molecule has 2 aromatic carbocycles. The Morgan fingerprint density at radius 2 is 1.90 bits per heavy atom. The van der Waals surface area contributed by atoms with Gasteiger partial charge in [-0.05, 0) is 35.9 Å². The number of rotatable bonds is 8. The summed E-state index contributed by atoms with van der Waals surface area (Å²) in [6.07, 6.45) is 1.74. The Hall–Kier alpha value is -3.08. The zero-order valence-corrected chi connectivity index (χ0v) is 16.4. The number of nitro benzene ring substituents is 1. The van der Waals surface area contributed by atoms with Crippen LogP contribution in [0.2, 0.25) is 5.02 Å². The molecule has 0 amide bonds. The molecular formula is C18H15ClN2O7S. The Bertz CT molecular complexity index is 1100. The number of hydrogen-bond acceptors (Lipinski definition) is 7. The largest absolute Gasteiger partial charge is 0.460 e. The van der Waals surface area contributed by atoms with Gasteiger partial charge in [0.05, 0.1) is 15.5 Å². The maximum atomic E-state index is 11.9. The van der Waals surface area contributed by atoms with E-state index >= 15 is 0 Å². The molecule has 0 radical (unpaired) electrons. The van der Waals surface area contributed by atoms with Crippen LogP contribution in [-0.4, -0.2) is 25.1 Å². The fourth-order valence-corrected chi connectivity index (χ4v) is 3.37. The number of ketones is 1. The van der Waals surface area contributed by atoms with Gasteiger partial charge in [-0.3, -0.25) is 19.7 Å². The molecule has 29 heavy (non-hydrogen) atoms. The summed E-state index contributed by atoms with van der Waals surface area (Å²) in [6, 6.07) is 9.68. The van der Waals surface area contributed by atoms with Gasteiger partial charge in [0.15, 0.2) is 5.78 Å². The van der Waals surface area contributed by atoms with Crippen molar-refractivity contribution >= 4 is 45.1 Å². The average molecular weight is 439 g/mol. The predicted octanol–water partition coefficient (Wildman–Crippen LogP) is 2.61. The lowest BCUT2D eigenvalue weighted by Gasteiger charge is -2.06. The lowest BCUT2D eigenvalue weighted by molar-refractivity contribution is -0.385. The molecule has 0 unspecified atom stereocenters. The first-order chi connectivity index (χ1) is 13.6. The number of benzene rings is 2. The Morgan fingerprint density at radius 1 is 1.21 bits per heavy atom. The minimum absolute atomic E-state index is 0.121. The molecule has 0 saturated heterocycles. The second-order valence-corrected chi connectivity index (χ2v) is 7.70. The molecule has 0 bridgehead atoms. The molecule has 0 saturated carbocycles. The van der Waals surface area contributed by atoms with Crippen LogP contribution in [0.4, 0.5) is 5.69 Å². The SMILES string of the molecule is NS(=O)(=O)c1ccc(COC(=O)CC(=O)C=Cc2ccccc2[N+](=O)[O-])cc1Cl. The fourth-order valence-electron chi connectivity index (χ4n) is 2.26. The molecule has 0 fully saturated rings. The van der Waals surface area contributed by atoms with Crippen molar-refractivity contribution in [1.29, 1.82) is 0 Å². The van der Waals surface area contributed by atoms with Gasteiger partial charge in [0.25, 0.3) is 5.69 Å². The van der Waals surface area contributed by atoms with Gasteiger partial charge in [-0.15, -0.1) is 0 Å². The normalized spacial score (nSPS) is 11.4. The van der Waals surface area contributed by atoms with Crippen molar-refractivity contribution in [3.8, 4) is 0 Å². The molecule has 152 valence electrons. The van der Waals surface area contributed by atoms with E-state index in [0.29, 0.717) is 5.56 Å². The maximum Gasteiger partial charge on any atom is 0.314 e. The van der Waals surface area contributed by atoms with Crippen LogP contribution in [0.3, 0.4) is 0 Å². The molecule has 9 nitrogen and oxygen atoms in total. The molecule has 0 aliphatic carbocycles. The number of halogens is 1. The number of primary sulfonamides is 1. The van der Waals surface area contributed by atoms with Gasteiger partial charge in [0.1, 0.15) is 17.9 Å². The number of carbonyl (C=O) groups excluding carboxylic acids is 2. The third-order valence-electron chi connectivity index (χ3n) is 3.60. The minimum atomic E-state index is -3.97. The quantitative estimate of drug-likeness (QED) is 0.219. The number of sulfonamides is 1. The highest BCUT2D eigenvalue weighted by Gasteiger charge is 2.15. The summed E-state index contributed by atoms with van der Waals surface area (Å²) in [7, 11) is -3.97. The second-order valence-electron chi connectivity index (χ2n) is 5.76. The van der Waals surface area contributed by atoms with Gasteiger partial charge in [-0.25, -0.2) is 13.6 Å². The molecule has 2 rings (SSSR count). The van der Waals surface area contributed by atoms with Crippen molar-refractivity contribution in [3.05, 3.63) is 74.8 Å². The number of allylic oxidation sites excluding steroid dienone is 1. The predicted molar refractivity (Wildman–Crippen MR) is 104 cm³/mol. The van der Waals surface area contributed by atoms with Crippen molar-refractivity contribution in [1.82, 2.24) is 0 Å². The summed E-state index contributed by atoms with van der Waals surface area (Å²) in [5.74, 6) is -1.43. The molecule has 0 heterocycles. The fraction of sp³-hybridized carbons (Fsp3) is 0.111. The zero-order chi connectivity index (χ0) is 21.6. The van der Waals surface area contributed by atoms with Crippen molar-refractivity contribution in [2.75, 3.05) is 0 Å². The van der Waals surface area contributed by atoms with E-state index in [2.05, 4.69) is 0 Å².